The normalized spacial score (nSPS) is 11.6. The van der Waals surface area contributed by atoms with Crippen LogP contribution in [-0.2, 0) is 14.3 Å². The highest BCUT2D eigenvalue weighted by molar-refractivity contribution is 6.39. The molecule has 144 valence electrons. The minimum atomic E-state index is -1.03. The second-order valence-corrected chi connectivity index (χ2v) is 7.05. The molecule has 27 heavy (non-hydrogen) atoms. The number of nitrogens with one attached hydrogen (secondary N) is 1. The van der Waals surface area contributed by atoms with Crippen molar-refractivity contribution in [2.24, 2.45) is 0 Å². The molecular weight excluding hydrogens is 389 g/mol. The van der Waals surface area contributed by atoms with Gasteiger partial charge >= 0.3 is 5.97 Å². The SMILES string of the molecule is Cc1cc(C)c(OCC(=O)O[C@@H](C)C(=O)Nc2c(Cl)cccc2Cl)c(C)c1. The van der Waals surface area contributed by atoms with E-state index in [0.29, 0.717) is 15.8 Å². The van der Waals surface area contributed by atoms with Gasteiger partial charge in [0.2, 0.25) is 0 Å². The van der Waals surface area contributed by atoms with Crippen molar-refractivity contribution in [2.75, 3.05) is 11.9 Å². The lowest BCUT2D eigenvalue weighted by Gasteiger charge is -2.16. The van der Waals surface area contributed by atoms with E-state index in [4.69, 9.17) is 32.7 Å². The Bertz CT molecular complexity index is 824. The van der Waals surface area contributed by atoms with Gasteiger partial charge in [-0.1, -0.05) is 47.0 Å². The zero-order valence-corrected chi connectivity index (χ0v) is 17.1. The van der Waals surface area contributed by atoms with Crippen LogP contribution in [0.1, 0.15) is 23.6 Å². The van der Waals surface area contributed by atoms with E-state index in [-0.39, 0.29) is 12.3 Å². The lowest BCUT2D eigenvalue weighted by Crippen LogP contribution is -2.32. The number of aryl methyl sites for hydroxylation is 3. The molecule has 0 heterocycles. The summed E-state index contributed by atoms with van der Waals surface area (Å²) in [6, 6.07) is 8.80. The average molecular weight is 410 g/mol. The first-order chi connectivity index (χ1) is 12.7. The Kier molecular flexibility index (Phi) is 7.11. The molecule has 5 nitrogen and oxygen atoms in total. The van der Waals surface area contributed by atoms with Crippen LogP contribution in [0.5, 0.6) is 5.75 Å². The third-order valence-corrected chi connectivity index (χ3v) is 4.46. The predicted molar refractivity (Wildman–Crippen MR) is 107 cm³/mol. The van der Waals surface area contributed by atoms with Crippen LogP contribution in [0.25, 0.3) is 0 Å². The van der Waals surface area contributed by atoms with Crippen molar-refractivity contribution in [3.8, 4) is 5.75 Å². The molecule has 0 aromatic heterocycles. The molecule has 0 saturated carbocycles. The van der Waals surface area contributed by atoms with Gasteiger partial charge in [0.15, 0.2) is 12.7 Å². The van der Waals surface area contributed by atoms with Crippen LogP contribution in [0, 0.1) is 20.8 Å². The number of esters is 1. The Morgan fingerprint density at radius 2 is 1.63 bits per heavy atom. The van der Waals surface area contributed by atoms with Crippen LogP contribution in [0.3, 0.4) is 0 Å². The van der Waals surface area contributed by atoms with E-state index in [1.54, 1.807) is 18.2 Å². The molecule has 7 heteroatoms. The molecule has 1 amide bonds. The van der Waals surface area contributed by atoms with E-state index in [1.807, 2.05) is 32.9 Å². The van der Waals surface area contributed by atoms with Crippen LogP contribution in [0.4, 0.5) is 5.69 Å². The molecule has 2 aromatic rings. The molecule has 0 radical (unpaired) electrons. The molecule has 2 rings (SSSR count). The van der Waals surface area contributed by atoms with Gasteiger partial charge in [-0.25, -0.2) is 4.79 Å². The summed E-state index contributed by atoms with van der Waals surface area (Å²) in [6.45, 7) is 6.97. The molecule has 0 fully saturated rings. The number of carbonyl (C=O) groups is 2. The quantitative estimate of drug-likeness (QED) is 0.691. The predicted octanol–water partition coefficient (Wildman–Crippen LogP) is 4.87. The van der Waals surface area contributed by atoms with Gasteiger partial charge < -0.3 is 14.8 Å². The fourth-order valence-electron chi connectivity index (χ4n) is 2.65. The Hall–Kier alpha value is -2.24. The van der Waals surface area contributed by atoms with Crippen LogP contribution in [-0.4, -0.2) is 24.6 Å². The first-order valence-corrected chi connectivity index (χ1v) is 9.09. The number of carbonyl (C=O) groups excluding carboxylic acids is 2. The summed E-state index contributed by atoms with van der Waals surface area (Å²) in [5.74, 6) is -0.555. The molecule has 0 aliphatic heterocycles. The molecule has 0 bridgehead atoms. The molecule has 2 aromatic carbocycles. The number of benzene rings is 2. The van der Waals surface area contributed by atoms with Gasteiger partial charge in [0.1, 0.15) is 5.75 Å². The number of halogens is 2. The zero-order chi connectivity index (χ0) is 20.1. The summed E-state index contributed by atoms with van der Waals surface area (Å²) in [4.78, 5) is 24.3. The molecule has 1 N–H and O–H groups in total. The summed E-state index contributed by atoms with van der Waals surface area (Å²) in [5.41, 5.74) is 3.25. The van der Waals surface area contributed by atoms with Crippen molar-refractivity contribution in [3.05, 3.63) is 57.1 Å². The van der Waals surface area contributed by atoms with E-state index >= 15 is 0 Å². The molecule has 0 aliphatic rings. The third kappa shape index (κ3) is 5.62. The van der Waals surface area contributed by atoms with E-state index in [2.05, 4.69) is 5.32 Å². The van der Waals surface area contributed by atoms with Gasteiger partial charge in [0, 0.05) is 0 Å². The smallest absolute Gasteiger partial charge is 0.344 e. The lowest BCUT2D eigenvalue weighted by atomic mass is 10.1. The Morgan fingerprint density at radius 3 is 2.19 bits per heavy atom. The topological polar surface area (TPSA) is 64.6 Å². The standard InChI is InChI=1S/C20H21Cl2NO4/c1-11-8-12(2)19(13(3)9-11)26-10-17(24)27-14(4)20(25)23-18-15(21)6-5-7-16(18)22/h5-9,14H,10H2,1-4H3,(H,23,25)/t14-/m0/s1. The van der Waals surface area contributed by atoms with Crippen LogP contribution in [0.15, 0.2) is 30.3 Å². The summed E-state index contributed by atoms with van der Waals surface area (Å²) in [5, 5.41) is 3.15. The summed E-state index contributed by atoms with van der Waals surface area (Å²) in [6.07, 6.45) is -1.03. The summed E-state index contributed by atoms with van der Waals surface area (Å²) >= 11 is 12.0. The van der Waals surface area contributed by atoms with E-state index in [9.17, 15) is 9.59 Å². The van der Waals surface area contributed by atoms with Crippen LogP contribution < -0.4 is 10.1 Å². The Labute approximate surface area is 168 Å². The van der Waals surface area contributed by atoms with Gasteiger partial charge in [-0.2, -0.15) is 0 Å². The number of ether oxygens (including phenoxy) is 2. The van der Waals surface area contributed by atoms with Crippen molar-refractivity contribution in [3.63, 3.8) is 0 Å². The number of amides is 1. The second kappa shape index (κ2) is 9.11. The van der Waals surface area contributed by atoms with Crippen molar-refractivity contribution >= 4 is 40.8 Å². The maximum atomic E-state index is 12.2. The minimum Gasteiger partial charge on any atom is -0.481 e. The molecule has 0 spiro atoms. The largest absolute Gasteiger partial charge is 0.481 e. The van der Waals surface area contributed by atoms with E-state index in [1.165, 1.54) is 6.92 Å². The third-order valence-electron chi connectivity index (χ3n) is 3.83. The molecule has 0 aliphatic carbocycles. The van der Waals surface area contributed by atoms with Gasteiger partial charge in [0.05, 0.1) is 15.7 Å². The van der Waals surface area contributed by atoms with Crippen molar-refractivity contribution in [1.29, 1.82) is 0 Å². The van der Waals surface area contributed by atoms with Crippen LogP contribution in [0.2, 0.25) is 10.0 Å². The summed E-state index contributed by atoms with van der Waals surface area (Å²) < 4.78 is 10.7. The number of hydrogen-bond acceptors (Lipinski definition) is 4. The van der Waals surface area contributed by atoms with Crippen molar-refractivity contribution in [2.45, 2.75) is 33.8 Å². The van der Waals surface area contributed by atoms with E-state index in [0.717, 1.165) is 16.7 Å². The first-order valence-electron chi connectivity index (χ1n) is 8.34. The monoisotopic (exact) mass is 409 g/mol. The van der Waals surface area contributed by atoms with Gasteiger partial charge in [0.25, 0.3) is 5.91 Å². The molecule has 0 saturated heterocycles. The molecular formula is C20H21Cl2NO4. The average Bonchev–Trinajstić information content (AvgIpc) is 2.57. The highest BCUT2D eigenvalue weighted by Gasteiger charge is 2.20. The number of rotatable bonds is 6. The van der Waals surface area contributed by atoms with Crippen molar-refractivity contribution in [1.82, 2.24) is 0 Å². The van der Waals surface area contributed by atoms with Crippen molar-refractivity contribution < 1.29 is 19.1 Å². The fourth-order valence-corrected chi connectivity index (χ4v) is 3.14. The maximum Gasteiger partial charge on any atom is 0.344 e. The number of hydrogen-bond donors (Lipinski definition) is 1. The summed E-state index contributed by atoms with van der Waals surface area (Å²) in [7, 11) is 0. The van der Waals surface area contributed by atoms with Crippen LogP contribution >= 0.6 is 23.2 Å². The van der Waals surface area contributed by atoms with Gasteiger partial charge in [-0.05, 0) is 51.0 Å². The minimum absolute atomic E-state index is 0.274. The second-order valence-electron chi connectivity index (χ2n) is 6.23. The fraction of sp³-hybridized carbons (Fsp3) is 0.300. The first kappa shape index (κ1) is 21.1. The molecule has 1 atom stereocenters. The Balaban J connectivity index is 1.93. The number of anilines is 1. The van der Waals surface area contributed by atoms with Gasteiger partial charge in [-0.3, -0.25) is 4.79 Å². The lowest BCUT2D eigenvalue weighted by molar-refractivity contribution is -0.155. The Morgan fingerprint density at radius 1 is 1.07 bits per heavy atom. The maximum absolute atomic E-state index is 12.2. The van der Waals surface area contributed by atoms with Gasteiger partial charge in [-0.15, -0.1) is 0 Å². The zero-order valence-electron chi connectivity index (χ0n) is 15.6. The highest BCUT2D eigenvalue weighted by atomic mass is 35.5. The van der Waals surface area contributed by atoms with E-state index < -0.39 is 18.0 Å². The highest BCUT2D eigenvalue weighted by Crippen LogP contribution is 2.30. The molecule has 0 unspecified atom stereocenters. The number of para-hydroxylation sites is 1.